The number of aliphatic hydroxyl groups is 1. The Balaban J connectivity index is 3.98. The van der Waals surface area contributed by atoms with Gasteiger partial charge in [-0.2, -0.15) is 0 Å². The maximum absolute atomic E-state index is 13.0. The lowest BCUT2D eigenvalue weighted by Gasteiger charge is -2.29. The average molecular weight is 1170 g/mol. The number of nitrogens with one attached hydrogen (secondary N) is 1. The van der Waals surface area contributed by atoms with Gasteiger partial charge in [-0.05, 0) is 57.8 Å². The number of nitrogens with zero attached hydrogens (tertiary/aromatic N) is 1. The lowest BCUT2D eigenvalue weighted by Crippen LogP contribution is -2.45. The van der Waals surface area contributed by atoms with Crippen LogP contribution in [0.1, 0.15) is 361 Å². The zero-order chi connectivity index (χ0) is 59.8. The minimum absolute atomic E-state index is 0.000732. The molecule has 0 heterocycles. The molecule has 0 saturated heterocycles. The highest BCUT2D eigenvalue weighted by Crippen LogP contribution is 2.38. The van der Waals surface area contributed by atoms with Gasteiger partial charge in [0.1, 0.15) is 13.2 Å². The van der Waals surface area contributed by atoms with Gasteiger partial charge in [-0.15, -0.1) is 0 Å². The quantitative estimate of drug-likeness (QED) is 0.0272. The average Bonchev–Trinajstić information content (AvgIpc) is 3.47. The minimum atomic E-state index is -4.60. The second-order valence-electron chi connectivity index (χ2n) is 25.9. The molecule has 1 amide bonds. The summed E-state index contributed by atoms with van der Waals surface area (Å²) in [6, 6.07) is -0.887. The van der Waals surface area contributed by atoms with Crippen molar-refractivity contribution in [3.8, 4) is 0 Å². The monoisotopic (exact) mass is 1170 g/mol. The van der Waals surface area contributed by atoms with Gasteiger partial charge in [-0.1, -0.05) is 345 Å². The molecule has 0 rings (SSSR count). The van der Waals surface area contributed by atoms with Gasteiger partial charge in [0, 0.05) is 6.42 Å². The third-order valence-corrected chi connectivity index (χ3v) is 17.5. The molecule has 0 saturated carbocycles. The smallest absolute Gasteiger partial charge is 0.268 e. The molecule has 2 N–H and O–H groups in total. The molecule has 0 fully saturated rings. The number of hydrogen-bond donors (Lipinski definition) is 2. The van der Waals surface area contributed by atoms with Crippen molar-refractivity contribution in [3.63, 3.8) is 0 Å². The maximum Gasteiger partial charge on any atom is 0.268 e. The van der Waals surface area contributed by atoms with E-state index >= 15 is 0 Å². The molecule has 0 radical (unpaired) electrons. The Morgan fingerprint density at radius 3 is 1.02 bits per heavy atom. The van der Waals surface area contributed by atoms with Crippen LogP contribution in [0.15, 0.2) is 48.6 Å². The molecule has 0 bridgehead atoms. The number of carbonyl (C=O) groups is 1. The summed E-state index contributed by atoms with van der Waals surface area (Å²) in [5, 5.41) is 14.0. The van der Waals surface area contributed by atoms with Crippen molar-refractivity contribution in [1.82, 2.24) is 5.32 Å². The number of allylic oxidation sites excluding steroid dienone is 7. The summed E-state index contributed by atoms with van der Waals surface area (Å²) >= 11 is 0. The number of phosphoric ester groups is 1. The first-order valence-corrected chi connectivity index (χ1v) is 37.5. The summed E-state index contributed by atoms with van der Waals surface area (Å²) in [5.74, 6) is -0.190. The molecule has 0 aliphatic rings. The first-order chi connectivity index (χ1) is 40.0. The lowest BCUT2D eigenvalue weighted by atomic mass is 10.0. The molecule has 3 unspecified atom stereocenters. The van der Waals surface area contributed by atoms with Gasteiger partial charge in [0.05, 0.1) is 39.9 Å². The first-order valence-electron chi connectivity index (χ1n) is 36.0. The Bertz CT molecular complexity index is 1480. The van der Waals surface area contributed by atoms with Crippen LogP contribution in [0.4, 0.5) is 0 Å². The highest BCUT2D eigenvalue weighted by atomic mass is 31.2. The number of aliphatic hydroxyl groups excluding tert-OH is 1. The minimum Gasteiger partial charge on any atom is -0.756 e. The molecule has 484 valence electrons. The normalized spacial score (nSPS) is 13.9. The Kier molecular flexibility index (Phi) is 62.7. The highest BCUT2D eigenvalue weighted by molar-refractivity contribution is 7.45. The van der Waals surface area contributed by atoms with Gasteiger partial charge in [0.2, 0.25) is 5.91 Å². The molecule has 9 heteroatoms. The van der Waals surface area contributed by atoms with Gasteiger partial charge in [0.15, 0.2) is 0 Å². The molecule has 0 spiro atoms. The molecule has 0 aliphatic carbocycles. The SMILES string of the molecule is CCCCCCC/C=C\C/C=C\C/C=C\CCCCCCCCCCCCCCCCCCCCCCCCC(=O)NC(COP(=O)([O-])OCC[N+](C)(C)C)C(O)/C=C/CCCCCCCCCCCCCCCCCCCCCCC. The third kappa shape index (κ3) is 66.0. The number of phosphoric acid groups is 1. The van der Waals surface area contributed by atoms with Gasteiger partial charge in [-0.25, -0.2) is 0 Å². The summed E-state index contributed by atoms with van der Waals surface area (Å²) < 4.78 is 23.5. The Labute approximate surface area is 511 Å². The van der Waals surface area contributed by atoms with Crippen molar-refractivity contribution in [2.45, 2.75) is 373 Å². The molecule has 0 aromatic heterocycles. The molecular formula is C73H141N2O6P. The fourth-order valence-electron chi connectivity index (χ4n) is 10.9. The molecule has 8 nitrogen and oxygen atoms in total. The standard InChI is InChI=1S/C73H141N2O6P/c1-6-8-10-12-14-16-18-20-22-24-26-28-30-31-32-33-34-35-36-37-38-39-40-41-42-43-45-47-49-51-53-55-57-59-61-63-65-67-73(77)74-71(70-81-82(78,79)80-69-68-75(3,4)5)72(76)66-64-62-60-58-56-54-52-50-48-46-44-29-27-25-23-21-19-17-15-13-11-9-7-2/h18,20,24,26,30-31,64,66,71-72,76H,6-17,19,21-23,25,27-29,32-63,65,67-70H2,1-5H3,(H-,74,77,78,79)/b20-18-,26-24-,31-30-,66-64+. The van der Waals surface area contributed by atoms with E-state index < -0.39 is 20.0 Å². The first kappa shape index (κ1) is 80.5. The number of carbonyl (C=O) groups excluding carboxylic acids is 1. The van der Waals surface area contributed by atoms with E-state index in [4.69, 9.17) is 9.05 Å². The Morgan fingerprint density at radius 2 is 0.707 bits per heavy atom. The van der Waals surface area contributed by atoms with Crippen molar-refractivity contribution < 1.29 is 32.9 Å². The zero-order valence-electron chi connectivity index (χ0n) is 55.5. The van der Waals surface area contributed by atoms with E-state index in [0.717, 1.165) is 51.4 Å². The fraction of sp³-hybridized carbons (Fsp3) is 0.877. The fourth-order valence-corrected chi connectivity index (χ4v) is 11.7. The van der Waals surface area contributed by atoms with Crippen molar-refractivity contribution in [2.24, 2.45) is 0 Å². The maximum atomic E-state index is 13.0. The van der Waals surface area contributed by atoms with Crippen molar-refractivity contribution in [3.05, 3.63) is 48.6 Å². The van der Waals surface area contributed by atoms with Crippen molar-refractivity contribution in [1.29, 1.82) is 0 Å². The molecular weight excluding hydrogens is 1030 g/mol. The number of rotatable bonds is 67. The number of likely N-dealkylation sites (N-methyl/N-ethyl adjacent to an activating group) is 1. The van der Waals surface area contributed by atoms with Gasteiger partial charge < -0.3 is 28.8 Å². The van der Waals surface area contributed by atoms with E-state index in [-0.39, 0.29) is 19.1 Å². The van der Waals surface area contributed by atoms with Crippen LogP contribution in [0.25, 0.3) is 0 Å². The molecule has 82 heavy (non-hydrogen) atoms. The highest BCUT2D eigenvalue weighted by Gasteiger charge is 2.23. The van der Waals surface area contributed by atoms with Crippen LogP contribution >= 0.6 is 7.82 Å². The third-order valence-electron chi connectivity index (χ3n) is 16.5. The van der Waals surface area contributed by atoms with Crippen LogP contribution in [0, 0.1) is 0 Å². The van der Waals surface area contributed by atoms with Crippen LogP contribution in [0.5, 0.6) is 0 Å². The second-order valence-corrected chi connectivity index (χ2v) is 27.4. The summed E-state index contributed by atoms with van der Waals surface area (Å²) in [7, 11) is 1.28. The zero-order valence-corrected chi connectivity index (χ0v) is 56.4. The number of quaternary nitrogens is 1. The number of amides is 1. The summed E-state index contributed by atoms with van der Waals surface area (Å²) in [4.78, 5) is 25.6. The predicted octanol–water partition coefficient (Wildman–Crippen LogP) is 22.4. The topological polar surface area (TPSA) is 108 Å². The van der Waals surface area contributed by atoms with Gasteiger partial charge >= 0.3 is 0 Å². The Hall–Kier alpha value is -1.54. The number of hydrogen-bond acceptors (Lipinski definition) is 6. The second kappa shape index (κ2) is 63.9. The van der Waals surface area contributed by atoms with Crippen LogP contribution in [0.2, 0.25) is 0 Å². The van der Waals surface area contributed by atoms with E-state index in [2.05, 4.69) is 55.6 Å². The van der Waals surface area contributed by atoms with Gasteiger partial charge in [0.25, 0.3) is 7.82 Å². The summed E-state index contributed by atoms with van der Waals surface area (Å²) in [6.45, 7) is 4.69. The molecule has 0 aromatic rings. The van der Waals surface area contributed by atoms with E-state index in [1.807, 2.05) is 27.2 Å². The van der Waals surface area contributed by atoms with E-state index in [0.29, 0.717) is 17.4 Å². The van der Waals surface area contributed by atoms with Crippen molar-refractivity contribution in [2.75, 3.05) is 40.9 Å². The predicted molar refractivity (Wildman–Crippen MR) is 358 cm³/mol. The largest absolute Gasteiger partial charge is 0.756 e. The van der Waals surface area contributed by atoms with Crippen LogP contribution < -0.4 is 10.2 Å². The van der Waals surface area contributed by atoms with Gasteiger partial charge in [-0.3, -0.25) is 9.36 Å². The van der Waals surface area contributed by atoms with Crippen molar-refractivity contribution >= 4 is 13.7 Å². The van der Waals surface area contributed by atoms with E-state index in [1.54, 1.807) is 6.08 Å². The number of unbranched alkanes of at least 4 members (excludes halogenated alkanes) is 48. The van der Waals surface area contributed by atoms with E-state index in [1.165, 1.54) is 289 Å². The summed E-state index contributed by atoms with van der Waals surface area (Å²) in [6.07, 6.45) is 86.7. The molecule has 3 atom stereocenters. The molecule has 0 aliphatic heterocycles. The Morgan fingerprint density at radius 1 is 0.427 bits per heavy atom. The van der Waals surface area contributed by atoms with E-state index in [9.17, 15) is 19.4 Å². The van der Waals surface area contributed by atoms with Crippen LogP contribution in [-0.4, -0.2) is 68.5 Å². The van der Waals surface area contributed by atoms with Crippen LogP contribution in [0.3, 0.4) is 0 Å². The van der Waals surface area contributed by atoms with Crippen LogP contribution in [-0.2, 0) is 18.4 Å². The summed E-state index contributed by atoms with van der Waals surface area (Å²) in [5.41, 5.74) is 0. The lowest BCUT2D eigenvalue weighted by molar-refractivity contribution is -0.870. The molecule has 0 aromatic carbocycles.